The van der Waals surface area contributed by atoms with Crippen LogP contribution < -0.4 is 20.1 Å². The van der Waals surface area contributed by atoms with Gasteiger partial charge < -0.3 is 25.0 Å². The maximum atomic E-state index is 14.5. The fraction of sp³-hybridized carbons (Fsp3) is 0.553. The van der Waals surface area contributed by atoms with E-state index in [1.165, 1.54) is 0 Å². The van der Waals surface area contributed by atoms with Crippen LogP contribution in [0.5, 0.6) is 11.5 Å². The standard InChI is InChI=1S/C38H47ClN4O7S/c39-28-10-8-13-31(21-28)49-32-16-15-25-24-43-29(19-26(25)20-32)23-40-38(36(45)42-51(47,48)33-17-18-33)22-27(38)9-4-2-1-3-5-14-34(35(43)44)41-37(46)50-30-11-6-7-12-30/h4,8-10,13,15-16,20-21,27,29-30,33-34,40H,1-3,5-7,11-12,14,17-19,22-24H2,(H,41,46)(H,42,45)/b9-4-/t27-,29?,34+,38-/m1/s1. The third-order valence-electron chi connectivity index (χ3n) is 10.9. The van der Waals surface area contributed by atoms with Gasteiger partial charge in [-0.25, -0.2) is 13.2 Å². The molecule has 2 heterocycles. The van der Waals surface area contributed by atoms with Gasteiger partial charge in [-0.15, -0.1) is 0 Å². The molecule has 3 fully saturated rings. The first-order chi connectivity index (χ1) is 24.6. The number of ether oxygens (including phenoxy) is 2. The highest BCUT2D eigenvalue weighted by molar-refractivity contribution is 7.91. The second kappa shape index (κ2) is 15.2. The molecule has 5 aliphatic rings. The van der Waals surface area contributed by atoms with Crippen molar-refractivity contribution in [2.75, 3.05) is 6.54 Å². The van der Waals surface area contributed by atoms with E-state index in [-0.39, 0.29) is 24.5 Å². The van der Waals surface area contributed by atoms with Gasteiger partial charge in [-0.1, -0.05) is 48.7 Å². The summed E-state index contributed by atoms with van der Waals surface area (Å²) in [5.74, 6) is 0.309. The van der Waals surface area contributed by atoms with Crippen LogP contribution in [0.25, 0.3) is 0 Å². The molecule has 11 nitrogen and oxygen atoms in total. The number of fused-ring (bicyclic) bond motifs is 3. The summed E-state index contributed by atoms with van der Waals surface area (Å²) in [5, 5.41) is 6.42. The van der Waals surface area contributed by atoms with E-state index in [1.807, 2.05) is 36.4 Å². The number of benzene rings is 2. The van der Waals surface area contributed by atoms with Crippen LogP contribution in [0.15, 0.2) is 54.6 Å². The first-order valence-corrected chi connectivity index (χ1v) is 20.3. The number of sulfonamides is 1. The lowest BCUT2D eigenvalue weighted by atomic mass is 9.92. The third kappa shape index (κ3) is 8.55. The lowest BCUT2D eigenvalue weighted by Gasteiger charge is -2.40. The monoisotopic (exact) mass is 738 g/mol. The maximum Gasteiger partial charge on any atom is 0.408 e. The van der Waals surface area contributed by atoms with Gasteiger partial charge >= 0.3 is 6.09 Å². The minimum absolute atomic E-state index is 0.131. The topological polar surface area (TPSA) is 143 Å². The summed E-state index contributed by atoms with van der Waals surface area (Å²) in [6.07, 6.45) is 12.9. The molecule has 0 spiro atoms. The first-order valence-electron chi connectivity index (χ1n) is 18.4. The van der Waals surface area contributed by atoms with Crippen molar-refractivity contribution in [3.63, 3.8) is 0 Å². The van der Waals surface area contributed by atoms with Gasteiger partial charge in [0, 0.05) is 30.1 Å². The number of amides is 3. The van der Waals surface area contributed by atoms with E-state index in [2.05, 4.69) is 21.4 Å². The summed E-state index contributed by atoms with van der Waals surface area (Å²) in [6, 6.07) is 11.8. The zero-order chi connectivity index (χ0) is 35.6. The normalized spacial score (nSPS) is 27.8. The zero-order valence-corrected chi connectivity index (χ0v) is 30.4. The van der Waals surface area contributed by atoms with E-state index in [9.17, 15) is 22.8 Å². The average molecular weight is 739 g/mol. The minimum atomic E-state index is -3.75. The summed E-state index contributed by atoms with van der Waals surface area (Å²) in [5.41, 5.74) is 0.849. The lowest BCUT2D eigenvalue weighted by Crippen LogP contribution is -2.58. The molecule has 3 saturated carbocycles. The molecule has 2 aromatic carbocycles. The minimum Gasteiger partial charge on any atom is -0.457 e. The Kier molecular flexibility index (Phi) is 10.6. The van der Waals surface area contributed by atoms with Crippen molar-refractivity contribution in [2.45, 2.75) is 119 Å². The molecule has 0 saturated heterocycles. The Morgan fingerprint density at radius 1 is 0.941 bits per heavy atom. The summed E-state index contributed by atoms with van der Waals surface area (Å²) >= 11 is 6.18. The smallest absolute Gasteiger partial charge is 0.408 e. The molecule has 2 aliphatic heterocycles. The van der Waals surface area contributed by atoms with Crippen LogP contribution >= 0.6 is 11.6 Å². The van der Waals surface area contributed by atoms with E-state index in [0.717, 1.165) is 62.5 Å². The Morgan fingerprint density at radius 2 is 1.73 bits per heavy atom. The molecule has 3 N–H and O–H groups in total. The van der Waals surface area contributed by atoms with Crippen molar-refractivity contribution in [1.82, 2.24) is 20.3 Å². The van der Waals surface area contributed by atoms with Gasteiger partial charge in [-0.3, -0.25) is 14.3 Å². The van der Waals surface area contributed by atoms with Crippen LogP contribution in [-0.4, -0.2) is 66.7 Å². The Morgan fingerprint density at radius 3 is 2.51 bits per heavy atom. The molecular weight excluding hydrogens is 692 g/mol. The van der Waals surface area contributed by atoms with Gasteiger partial charge in [0.2, 0.25) is 15.9 Å². The van der Waals surface area contributed by atoms with Gasteiger partial charge in [0.05, 0.1) is 5.25 Å². The molecule has 274 valence electrons. The second-order valence-corrected chi connectivity index (χ2v) is 17.1. The Bertz CT molecular complexity index is 1780. The van der Waals surface area contributed by atoms with Crippen molar-refractivity contribution >= 4 is 39.5 Å². The molecule has 7 rings (SSSR count). The van der Waals surface area contributed by atoms with Crippen molar-refractivity contribution in [2.24, 2.45) is 5.92 Å². The molecule has 0 aromatic heterocycles. The highest BCUT2D eigenvalue weighted by atomic mass is 35.5. The van der Waals surface area contributed by atoms with E-state index in [0.29, 0.717) is 55.2 Å². The van der Waals surface area contributed by atoms with Gasteiger partial charge in [-0.2, -0.15) is 0 Å². The molecule has 51 heavy (non-hydrogen) atoms. The van der Waals surface area contributed by atoms with Gasteiger partial charge in [0.1, 0.15) is 29.2 Å². The Hall–Kier alpha value is -3.61. The van der Waals surface area contributed by atoms with Crippen LogP contribution in [0.4, 0.5) is 4.79 Å². The fourth-order valence-electron chi connectivity index (χ4n) is 7.68. The average Bonchev–Trinajstić information content (AvgIpc) is 4.02. The molecule has 0 radical (unpaired) electrons. The number of alkyl carbamates (subject to hydrolysis) is 1. The Labute approximate surface area is 304 Å². The number of carbonyl (C=O) groups excluding carboxylic acids is 3. The van der Waals surface area contributed by atoms with Crippen molar-refractivity contribution in [1.29, 1.82) is 0 Å². The van der Waals surface area contributed by atoms with E-state index in [4.69, 9.17) is 21.1 Å². The lowest BCUT2D eigenvalue weighted by molar-refractivity contribution is -0.137. The second-order valence-electron chi connectivity index (χ2n) is 14.7. The predicted octanol–water partition coefficient (Wildman–Crippen LogP) is 5.90. The fourth-order valence-corrected chi connectivity index (χ4v) is 9.22. The van der Waals surface area contributed by atoms with Crippen LogP contribution in [0.1, 0.15) is 88.2 Å². The van der Waals surface area contributed by atoms with E-state index < -0.39 is 44.9 Å². The molecule has 4 atom stereocenters. The van der Waals surface area contributed by atoms with Crippen molar-refractivity contribution < 1.29 is 32.3 Å². The SMILES string of the molecule is O=C(N[C@H]1CCCCC/C=C\[C@@H]2C[C@@]2(C(=O)NS(=O)(=O)C2CC2)NCC2Cc3cc(Oc4cccc(Cl)c4)ccc3CN2C1=O)OC1CCCC1. The number of hydrogen-bond acceptors (Lipinski definition) is 8. The largest absolute Gasteiger partial charge is 0.457 e. The number of halogens is 1. The van der Waals surface area contributed by atoms with E-state index in [1.54, 1.807) is 17.0 Å². The molecule has 2 aromatic rings. The Balaban J connectivity index is 1.16. The molecular formula is C38H47ClN4O7S. The van der Waals surface area contributed by atoms with Crippen molar-refractivity contribution in [3.8, 4) is 11.5 Å². The number of allylic oxidation sites excluding steroid dienone is 1. The number of hydrogen-bond donors (Lipinski definition) is 3. The molecule has 0 bridgehead atoms. The first kappa shape index (κ1) is 35.8. The summed E-state index contributed by atoms with van der Waals surface area (Å²) in [6.45, 7) is 0.539. The van der Waals surface area contributed by atoms with Crippen molar-refractivity contribution in [3.05, 3.63) is 70.8 Å². The number of nitrogens with one attached hydrogen (secondary N) is 3. The maximum absolute atomic E-state index is 14.5. The number of carbonyl (C=O) groups is 3. The predicted molar refractivity (Wildman–Crippen MR) is 193 cm³/mol. The van der Waals surface area contributed by atoms with Crippen LogP contribution in [0, 0.1) is 5.92 Å². The highest BCUT2D eigenvalue weighted by Crippen LogP contribution is 2.46. The van der Waals surface area contributed by atoms with Crippen LogP contribution in [-0.2, 0) is 37.3 Å². The summed E-state index contributed by atoms with van der Waals surface area (Å²) < 4.78 is 39.9. The number of nitrogens with zero attached hydrogens (tertiary/aromatic N) is 1. The summed E-state index contributed by atoms with van der Waals surface area (Å²) in [7, 11) is -3.75. The van der Waals surface area contributed by atoms with Crippen LogP contribution in [0.2, 0.25) is 5.02 Å². The summed E-state index contributed by atoms with van der Waals surface area (Å²) in [4.78, 5) is 43.2. The highest BCUT2D eigenvalue weighted by Gasteiger charge is 2.60. The van der Waals surface area contributed by atoms with Gasteiger partial charge in [0.25, 0.3) is 5.91 Å². The molecule has 13 heteroatoms. The molecule has 3 amide bonds. The van der Waals surface area contributed by atoms with Gasteiger partial charge in [0.15, 0.2) is 0 Å². The molecule has 3 aliphatic carbocycles. The quantitative estimate of drug-likeness (QED) is 0.298. The third-order valence-corrected chi connectivity index (χ3v) is 13.0. The van der Waals surface area contributed by atoms with Gasteiger partial charge in [-0.05, 0) is 112 Å². The zero-order valence-electron chi connectivity index (χ0n) is 28.8. The van der Waals surface area contributed by atoms with Crippen LogP contribution in [0.3, 0.4) is 0 Å². The van der Waals surface area contributed by atoms with E-state index >= 15 is 0 Å². The molecule has 1 unspecified atom stereocenters. The number of rotatable bonds is 7.